The molecule has 1 aromatic heterocycles. The lowest BCUT2D eigenvalue weighted by Crippen LogP contribution is -2.02. The van der Waals surface area contributed by atoms with E-state index in [1.54, 1.807) is 11.3 Å². The van der Waals surface area contributed by atoms with Crippen molar-refractivity contribution in [1.29, 1.82) is 0 Å². The van der Waals surface area contributed by atoms with Gasteiger partial charge in [0.05, 0.1) is 15.6 Å². The highest BCUT2D eigenvalue weighted by Crippen LogP contribution is 2.51. The molecule has 20 heavy (non-hydrogen) atoms. The van der Waals surface area contributed by atoms with Crippen LogP contribution in [0.4, 0.5) is 10.7 Å². The molecule has 0 aromatic carbocycles. The first-order valence-corrected chi connectivity index (χ1v) is 8.69. The predicted molar refractivity (Wildman–Crippen MR) is 88.0 cm³/mol. The number of nitrogens with two attached hydrogens (primary N) is 1. The molecular weight excluding hydrogens is 268 g/mol. The standard InChI is InChI=1S/C16H26N2OS/c1-3-5-6-7-10-18-16-13(11-8-9-11)14(17)15(20-16)12(19)4-2/h11,18H,3-10,17H2,1-2H3. The van der Waals surface area contributed by atoms with E-state index in [1.165, 1.54) is 44.1 Å². The molecule has 1 aromatic rings. The van der Waals surface area contributed by atoms with Crippen LogP contribution in [-0.2, 0) is 0 Å². The van der Waals surface area contributed by atoms with Gasteiger partial charge in [0.2, 0.25) is 0 Å². The lowest BCUT2D eigenvalue weighted by atomic mass is 10.1. The van der Waals surface area contributed by atoms with Crippen LogP contribution in [-0.4, -0.2) is 12.3 Å². The second-order valence-electron chi connectivity index (χ2n) is 5.63. The Morgan fingerprint density at radius 2 is 2.05 bits per heavy atom. The maximum absolute atomic E-state index is 12.0. The molecule has 4 heteroatoms. The zero-order valence-electron chi connectivity index (χ0n) is 12.6. The summed E-state index contributed by atoms with van der Waals surface area (Å²) in [5.74, 6) is 0.760. The van der Waals surface area contributed by atoms with Gasteiger partial charge in [0.25, 0.3) is 0 Å². The average Bonchev–Trinajstić information content (AvgIpc) is 3.22. The van der Waals surface area contributed by atoms with Gasteiger partial charge in [-0.1, -0.05) is 33.1 Å². The summed E-state index contributed by atoms with van der Waals surface area (Å²) in [6.07, 6.45) is 7.97. The number of carbonyl (C=O) groups is 1. The molecule has 1 heterocycles. The number of thiophene rings is 1. The molecule has 1 aliphatic rings. The number of ketones is 1. The fraction of sp³-hybridized carbons (Fsp3) is 0.688. The molecule has 0 atom stereocenters. The summed E-state index contributed by atoms with van der Waals surface area (Å²) >= 11 is 1.57. The molecule has 0 radical (unpaired) electrons. The van der Waals surface area contributed by atoms with E-state index in [4.69, 9.17) is 5.73 Å². The molecule has 3 N–H and O–H groups in total. The third-order valence-corrected chi connectivity index (χ3v) is 5.08. The highest BCUT2D eigenvalue weighted by molar-refractivity contribution is 7.18. The lowest BCUT2D eigenvalue weighted by molar-refractivity contribution is 0.0993. The third-order valence-electron chi connectivity index (χ3n) is 3.86. The highest BCUT2D eigenvalue weighted by Gasteiger charge is 2.32. The fourth-order valence-electron chi connectivity index (χ4n) is 2.49. The summed E-state index contributed by atoms with van der Waals surface area (Å²) in [7, 11) is 0. The number of nitrogen functional groups attached to an aromatic ring is 1. The Morgan fingerprint density at radius 3 is 2.65 bits per heavy atom. The van der Waals surface area contributed by atoms with E-state index in [9.17, 15) is 4.79 Å². The van der Waals surface area contributed by atoms with Crippen LogP contribution in [0.2, 0.25) is 0 Å². The molecule has 1 saturated carbocycles. The van der Waals surface area contributed by atoms with Gasteiger partial charge in [0, 0.05) is 18.5 Å². The number of unbranched alkanes of at least 4 members (excludes halogenated alkanes) is 3. The number of anilines is 2. The van der Waals surface area contributed by atoms with Gasteiger partial charge in [-0.2, -0.15) is 0 Å². The maximum atomic E-state index is 12.0. The Labute approximate surface area is 125 Å². The summed E-state index contributed by atoms with van der Waals surface area (Å²) in [5.41, 5.74) is 8.20. The van der Waals surface area contributed by atoms with Crippen LogP contribution in [0, 0.1) is 0 Å². The van der Waals surface area contributed by atoms with Crippen molar-refractivity contribution >= 4 is 27.8 Å². The minimum absolute atomic E-state index is 0.174. The predicted octanol–water partition coefficient (Wildman–Crippen LogP) is 4.79. The molecule has 1 aliphatic carbocycles. The van der Waals surface area contributed by atoms with Crippen LogP contribution in [0.15, 0.2) is 0 Å². The summed E-state index contributed by atoms with van der Waals surface area (Å²) < 4.78 is 0. The number of carbonyl (C=O) groups excluding carboxylic acids is 1. The summed E-state index contributed by atoms with van der Waals surface area (Å²) in [6.45, 7) is 5.11. The van der Waals surface area contributed by atoms with Crippen LogP contribution in [0.5, 0.6) is 0 Å². The van der Waals surface area contributed by atoms with Crippen molar-refractivity contribution < 1.29 is 4.79 Å². The first kappa shape index (κ1) is 15.4. The van der Waals surface area contributed by atoms with E-state index in [0.29, 0.717) is 12.3 Å². The van der Waals surface area contributed by atoms with Crippen LogP contribution in [0.25, 0.3) is 0 Å². The Kier molecular flexibility index (Phi) is 5.46. The SMILES string of the molecule is CCCCCCNc1sc(C(=O)CC)c(N)c1C1CC1. The first-order valence-electron chi connectivity index (χ1n) is 7.88. The van der Waals surface area contributed by atoms with Gasteiger partial charge in [-0.3, -0.25) is 4.79 Å². The second kappa shape index (κ2) is 7.11. The Morgan fingerprint density at radius 1 is 1.30 bits per heavy atom. The van der Waals surface area contributed by atoms with Gasteiger partial charge in [-0.15, -0.1) is 11.3 Å². The Balaban J connectivity index is 2.04. The molecule has 0 saturated heterocycles. The van der Waals surface area contributed by atoms with Crippen molar-refractivity contribution in [2.45, 2.75) is 64.7 Å². The minimum Gasteiger partial charge on any atom is -0.397 e. The van der Waals surface area contributed by atoms with Crippen LogP contribution in [0.3, 0.4) is 0 Å². The van der Waals surface area contributed by atoms with E-state index >= 15 is 0 Å². The normalized spacial score (nSPS) is 14.5. The molecule has 0 amide bonds. The van der Waals surface area contributed by atoms with Crippen molar-refractivity contribution in [3.8, 4) is 0 Å². The van der Waals surface area contributed by atoms with Gasteiger partial charge < -0.3 is 11.1 Å². The van der Waals surface area contributed by atoms with Gasteiger partial charge in [-0.25, -0.2) is 0 Å². The van der Waals surface area contributed by atoms with Gasteiger partial charge >= 0.3 is 0 Å². The monoisotopic (exact) mass is 294 g/mol. The van der Waals surface area contributed by atoms with Crippen molar-refractivity contribution in [2.24, 2.45) is 0 Å². The number of nitrogens with one attached hydrogen (secondary N) is 1. The van der Waals surface area contributed by atoms with E-state index in [2.05, 4.69) is 12.2 Å². The van der Waals surface area contributed by atoms with Gasteiger partial charge in [0.1, 0.15) is 0 Å². The largest absolute Gasteiger partial charge is 0.397 e. The molecule has 0 aliphatic heterocycles. The minimum atomic E-state index is 0.174. The average molecular weight is 294 g/mol. The van der Waals surface area contributed by atoms with E-state index in [1.807, 2.05) is 6.92 Å². The van der Waals surface area contributed by atoms with Gasteiger partial charge in [-0.05, 0) is 25.2 Å². The molecule has 2 rings (SSSR count). The van der Waals surface area contributed by atoms with Crippen molar-refractivity contribution in [3.05, 3.63) is 10.4 Å². The number of Topliss-reactive ketones (excluding diaryl/α,β-unsaturated/α-hetero) is 1. The quantitative estimate of drug-likeness (QED) is 0.508. The second-order valence-corrected chi connectivity index (χ2v) is 6.65. The third kappa shape index (κ3) is 3.54. The summed E-state index contributed by atoms with van der Waals surface area (Å²) in [5, 5.41) is 4.67. The van der Waals surface area contributed by atoms with E-state index < -0.39 is 0 Å². The first-order chi connectivity index (χ1) is 9.69. The van der Waals surface area contributed by atoms with Gasteiger partial charge in [0.15, 0.2) is 5.78 Å². The zero-order chi connectivity index (χ0) is 14.5. The van der Waals surface area contributed by atoms with Crippen LogP contribution in [0.1, 0.15) is 79.9 Å². The summed E-state index contributed by atoms with van der Waals surface area (Å²) in [4.78, 5) is 12.7. The number of rotatable bonds is 9. The smallest absolute Gasteiger partial charge is 0.174 e. The van der Waals surface area contributed by atoms with Crippen molar-refractivity contribution in [2.75, 3.05) is 17.6 Å². The molecular formula is C16H26N2OS. The Bertz CT molecular complexity index is 463. The van der Waals surface area contributed by atoms with E-state index in [0.717, 1.165) is 22.1 Å². The fourth-order valence-corrected chi connectivity index (χ4v) is 3.73. The molecule has 3 nitrogen and oxygen atoms in total. The molecule has 0 bridgehead atoms. The maximum Gasteiger partial charge on any atom is 0.174 e. The number of hydrogen-bond acceptors (Lipinski definition) is 4. The number of hydrogen-bond donors (Lipinski definition) is 2. The molecule has 0 spiro atoms. The van der Waals surface area contributed by atoms with Crippen LogP contribution >= 0.6 is 11.3 Å². The van der Waals surface area contributed by atoms with Crippen molar-refractivity contribution in [3.63, 3.8) is 0 Å². The summed E-state index contributed by atoms with van der Waals surface area (Å²) in [6, 6.07) is 0. The molecule has 112 valence electrons. The van der Waals surface area contributed by atoms with Crippen molar-refractivity contribution in [1.82, 2.24) is 0 Å². The van der Waals surface area contributed by atoms with Crippen LogP contribution < -0.4 is 11.1 Å². The molecule has 1 fully saturated rings. The topological polar surface area (TPSA) is 55.1 Å². The lowest BCUT2D eigenvalue weighted by Gasteiger charge is -2.07. The Hall–Kier alpha value is -1.03. The highest BCUT2D eigenvalue weighted by atomic mass is 32.1. The zero-order valence-corrected chi connectivity index (χ0v) is 13.4. The molecule has 0 unspecified atom stereocenters. The van der Waals surface area contributed by atoms with E-state index in [-0.39, 0.29) is 5.78 Å².